The maximum atomic E-state index is 11.9. The van der Waals surface area contributed by atoms with Gasteiger partial charge in [0, 0.05) is 18.8 Å². The predicted molar refractivity (Wildman–Crippen MR) is 72.3 cm³/mol. The van der Waals surface area contributed by atoms with Gasteiger partial charge in [0.2, 0.25) is 0 Å². The average Bonchev–Trinajstić information content (AvgIpc) is 2.28. The molecule has 3 heteroatoms. The highest BCUT2D eigenvalue weighted by Gasteiger charge is 2.11. The number of likely N-dealkylation sites (N-methyl/N-ethyl adjacent to an activating group) is 1. The van der Waals surface area contributed by atoms with Gasteiger partial charge in [-0.05, 0) is 32.9 Å². The molecule has 0 aromatic heterocycles. The maximum Gasteiger partial charge on any atom is 0.322 e. The molecule has 0 radical (unpaired) electrons. The van der Waals surface area contributed by atoms with Crippen LogP contribution >= 0.6 is 0 Å². The summed E-state index contributed by atoms with van der Waals surface area (Å²) in [6, 6.07) is 7.68. The van der Waals surface area contributed by atoms with E-state index in [4.69, 9.17) is 0 Å². The van der Waals surface area contributed by atoms with Gasteiger partial charge < -0.3 is 10.2 Å². The normalized spacial score (nSPS) is 9.82. The molecule has 3 nitrogen and oxygen atoms in total. The van der Waals surface area contributed by atoms with Gasteiger partial charge in [-0.1, -0.05) is 29.8 Å². The second-order valence-electron chi connectivity index (χ2n) is 4.27. The van der Waals surface area contributed by atoms with Gasteiger partial charge in [0.25, 0.3) is 0 Å². The number of benzene rings is 1. The Bertz CT molecular complexity index is 395. The molecule has 1 rings (SSSR count). The molecule has 1 N–H and O–H groups in total. The van der Waals surface area contributed by atoms with E-state index in [2.05, 4.69) is 11.9 Å². The molecular weight excluding hydrogens is 212 g/mol. The fraction of sp³-hybridized carbons (Fsp3) is 0.357. The van der Waals surface area contributed by atoms with Crippen LogP contribution in [-0.4, -0.2) is 24.0 Å². The van der Waals surface area contributed by atoms with Crippen LogP contribution in [0.3, 0.4) is 0 Å². The van der Waals surface area contributed by atoms with Crippen molar-refractivity contribution in [1.82, 2.24) is 4.90 Å². The molecule has 0 aliphatic heterocycles. The molecule has 0 heterocycles. The summed E-state index contributed by atoms with van der Waals surface area (Å²) >= 11 is 0. The van der Waals surface area contributed by atoms with Gasteiger partial charge in [-0.3, -0.25) is 0 Å². The van der Waals surface area contributed by atoms with Gasteiger partial charge in [0.15, 0.2) is 0 Å². The molecule has 0 spiro atoms. The molecule has 0 bridgehead atoms. The predicted octanol–water partition coefficient (Wildman–Crippen LogP) is 3.42. The lowest BCUT2D eigenvalue weighted by atomic mass is 10.2. The highest BCUT2D eigenvalue weighted by molar-refractivity contribution is 5.89. The van der Waals surface area contributed by atoms with E-state index < -0.39 is 0 Å². The highest BCUT2D eigenvalue weighted by atomic mass is 16.2. The monoisotopic (exact) mass is 232 g/mol. The number of carbonyl (C=O) groups is 1. The van der Waals surface area contributed by atoms with Gasteiger partial charge in [0.05, 0.1) is 0 Å². The molecule has 0 saturated heterocycles. The highest BCUT2D eigenvalue weighted by Crippen LogP contribution is 2.10. The minimum atomic E-state index is -0.0839. The first-order valence-electron chi connectivity index (χ1n) is 5.80. The Hall–Kier alpha value is -1.77. The Kier molecular flexibility index (Phi) is 4.76. The van der Waals surface area contributed by atoms with Crippen LogP contribution in [-0.2, 0) is 0 Å². The molecule has 0 fully saturated rings. The zero-order valence-electron chi connectivity index (χ0n) is 10.8. The number of urea groups is 1. The maximum absolute atomic E-state index is 11.9. The van der Waals surface area contributed by atoms with E-state index in [0.717, 1.165) is 11.3 Å². The lowest BCUT2D eigenvalue weighted by molar-refractivity contribution is 0.218. The fourth-order valence-electron chi connectivity index (χ4n) is 1.49. The van der Waals surface area contributed by atoms with Crippen molar-refractivity contribution in [2.45, 2.75) is 20.8 Å². The average molecular weight is 232 g/mol. The van der Waals surface area contributed by atoms with E-state index in [1.54, 1.807) is 4.90 Å². The molecular formula is C14H20N2O. The summed E-state index contributed by atoms with van der Waals surface area (Å²) in [4.78, 5) is 13.7. The van der Waals surface area contributed by atoms with E-state index in [-0.39, 0.29) is 6.03 Å². The van der Waals surface area contributed by atoms with E-state index in [1.807, 2.05) is 45.0 Å². The number of nitrogens with zero attached hydrogens (tertiary/aromatic N) is 1. The van der Waals surface area contributed by atoms with Crippen LogP contribution < -0.4 is 5.32 Å². The van der Waals surface area contributed by atoms with Crippen molar-refractivity contribution >= 4 is 11.7 Å². The quantitative estimate of drug-likeness (QED) is 0.792. The number of aryl methyl sites for hydroxylation is 1. The van der Waals surface area contributed by atoms with Crippen LogP contribution in [0.5, 0.6) is 0 Å². The van der Waals surface area contributed by atoms with Gasteiger partial charge >= 0.3 is 6.03 Å². The van der Waals surface area contributed by atoms with Crippen LogP contribution in [0.4, 0.5) is 10.5 Å². The first-order chi connectivity index (χ1) is 8.02. The SMILES string of the molecule is C=C(C)CN(CC)C(=O)Nc1ccc(C)cc1. The smallest absolute Gasteiger partial charge is 0.321 e. The molecule has 0 saturated carbocycles. The molecule has 0 atom stereocenters. The van der Waals surface area contributed by atoms with Crippen LogP contribution in [0, 0.1) is 6.92 Å². The number of hydrogen-bond acceptors (Lipinski definition) is 1. The molecule has 1 aromatic rings. The van der Waals surface area contributed by atoms with E-state index in [9.17, 15) is 4.79 Å². The van der Waals surface area contributed by atoms with Gasteiger partial charge in [-0.25, -0.2) is 4.79 Å². The summed E-state index contributed by atoms with van der Waals surface area (Å²) in [5.41, 5.74) is 2.98. The Balaban J connectivity index is 2.63. The molecule has 17 heavy (non-hydrogen) atoms. The van der Waals surface area contributed by atoms with Crippen molar-refractivity contribution in [1.29, 1.82) is 0 Å². The van der Waals surface area contributed by atoms with Crippen LogP contribution in [0.25, 0.3) is 0 Å². The Labute approximate surface area is 103 Å². The Morgan fingerprint density at radius 3 is 2.41 bits per heavy atom. The lowest BCUT2D eigenvalue weighted by Gasteiger charge is -2.21. The molecule has 0 aliphatic rings. The number of carbonyl (C=O) groups excluding carboxylic acids is 1. The minimum Gasteiger partial charge on any atom is -0.321 e. The number of nitrogens with one attached hydrogen (secondary N) is 1. The van der Waals surface area contributed by atoms with Gasteiger partial charge in [0.1, 0.15) is 0 Å². The molecule has 92 valence electrons. The first kappa shape index (κ1) is 13.3. The summed E-state index contributed by atoms with van der Waals surface area (Å²) in [5.74, 6) is 0. The molecule has 0 unspecified atom stereocenters. The van der Waals surface area contributed by atoms with Crippen molar-refractivity contribution in [2.24, 2.45) is 0 Å². The topological polar surface area (TPSA) is 32.3 Å². The van der Waals surface area contributed by atoms with Crippen molar-refractivity contribution in [3.05, 3.63) is 42.0 Å². The fourth-order valence-corrected chi connectivity index (χ4v) is 1.49. The molecule has 2 amide bonds. The first-order valence-corrected chi connectivity index (χ1v) is 5.80. The minimum absolute atomic E-state index is 0.0839. The second-order valence-corrected chi connectivity index (χ2v) is 4.27. The van der Waals surface area contributed by atoms with E-state index >= 15 is 0 Å². The second kappa shape index (κ2) is 6.09. The lowest BCUT2D eigenvalue weighted by Crippen LogP contribution is -2.35. The number of rotatable bonds is 4. The van der Waals surface area contributed by atoms with Crippen molar-refractivity contribution in [3.63, 3.8) is 0 Å². The van der Waals surface area contributed by atoms with Crippen LogP contribution in [0.1, 0.15) is 19.4 Å². The third-order valence-corrected chi connectivity index (χ3v) is 2.43. The summed E-state index contributed by atoms with van der Waals surface area (Å²) in [5, 5.41) is 2.87. The van der Waals surface area contributed by atoms with Crippen molar-refractivity contribution in [2.75, 3.05) is 18.4 Å². The third-order valence-electron chi connectivity index (χ3n) is 2.43. The Morgan fingerprint density at radius 2 is 1.94 bits per heavy atom. The van der Waals surface area contributed by atoms with Crippen LogP contribution in [0.2, 0.25) is 0 Å². The van der Waals surface area contributed by atoms with E-state index in [0.29, 0.717) is 13.1 Å². The summed E-state index contributed by atoms with van der Waals surface area (Å²) in [6.07, 6.45) is 0. The third kappa shape index (κ3) is 4.31. The van der Waals surface area contributed by atoms with E-state index in [1.165, 1.54) is 5.56 Å². The standard InChI is InChI=1S/C14H20N2O/c1-5-16(10-11(2)3)14(17)15-13-8-6-12(4)7-9-13/h6-9H,2,5,10H2,1,3-4H3,(H,15,17). The number of hydrogen-bond donors (Lipinski definition) is 1. The summed E-state index contributed by atoms with van der Waals surface area (Å²) in [7, 11) is 0. The largest absolute Gasteiger partial charge is 0.322 e. The summed E-state index contributed by atoms with van der Waals surface area (Å²) in [6.45, 7) is 11.0. The number of amides is 2. The Morgan fingerprint density at radius 1 is 1.35 bits per heavy atom. The van der Waals surface area contributed by atoms with Crippen molar-refractivity contribution < 1.29 is 4.79 Å². The van der Waals surface area contributed by atoms with Gasteiger partial charge in [-0.15, -0.1) is 0 Å². The van der Waals surface area contributed by atoms with Crippen molar-refractivity contribution in [3.8, 4) is 0 Å². The molecule has 1 aromatic carbocycles. The van der Waals surface area contributed by atoms with Crippen LogP contribution in [0.15, 0.2) is 36.4 Å². The zero-order chi connectivity index (χ0) is 12.8. The molecule has 0 aliphatic carbocycles. The van der Waals surface area contributed by atoms with Gasteiger partial charge in [-0.2, -0.15) is 0 Å². The zero-order valence-corrected chi connectivity index (χ0v) is 10.8. The number of anilines is 1. The summed E-state index contributed by atoms with van der Waals surface area (Å²) < 4.78 is 0.